The Bertz CT molecular complexity index is 1160. The Balaban J connectivity index is 1.28. The maximum absolute atomic E-state index is 12.4. The van der Waals surface area contributed by atoms with Gasteiger partial charge in [-0.15, -0.1) is 11.3 Å². The minimum Gasteiger partial charge on any atom is -0.482 e. The fourth-order valence-electron chi connectivity index (χ4n) is 3.76. The smallest absolute Gasteiger partial charge is 0.324 e. The van der Waals surface area contributed by atoms with Crippen molar-refractivity contribution in [2.24, 2.45) is 5.92 Å². The number of fused-ring (bicyclic) bond motifs is 1. The zero-order chi connectivity index (χ0) is 22.1. The Morgan fingerprint density at radius 1 is 1.25 bits per heavy atom. The molecule has 0 atom stereocenters. The number of nitrogens with one attached hydrogen (secondary N) is 2. The van der Waals surface area contributed by atoms with E-state index in [4.69, 9.17) is 4.74 Å². The molecule has 1 fully saturated rings. The van der Waals surface area contributed by atoms with Crippen LogP contribution < -0.4 is 20.3 Å². The Morgan fingerprint density at radius 2 is 2.12 bits per heavy atom. The molecule has 2 N–H and O–H groups in total. The molecule has 3 heterocycles. The van der Waals surface area contributed by atoms with Crippen molar-refractivity contribution in [1.29, 1.82) is 0 Å². The number of hydrogen-bond acceptors (Lipinski definition) is 6. The monoisotopic (exact) mass is 449 g/mol. The number of ether oxygens (including phenoxy) is 1. The van der Waals surface area contributed by atoms with Gasteiger partial charge in [0.05, 0.1) is 17.6 Å². The van der Waals surface area contributed by atoms with Gasteiger partial charge in [-0.2, -0.15) is 0 Å². The molecule has 3 aromatic rings. The van der Waals surface area contributed by atoms with Crippen LogP contribution >= 0.6 is 11.3 Å². The Hall–Kier alpha value is -3.46. The fraction of sp³-hybridized carbons (Fsp3) is 0.304. The summed E-state index contributed by atoms with van der Waals surface area (Å²) in [5.41, 5.74) is 3.18. The molecule has 1 aromatic carbocycles. The first-order valence-electron chi connectivity index (χ1n) is 10.6. The molecular weight excluding hydrogens is 426 g/mol. The van der Waals surface area contributed by atoms with E-state index in [9.17, 15) is 9.59 Å². The highest BCUT2D eigenvalue weighted by Crippen LogP contribution is 2.39. The van der Waals surface area contributed by atoms with Gasteiger partial charge in [0.1, 0.15) is 16.6 Å². The van der Waals surface area contributed by atoms with Crippen LogP contribution in [0.3, 0.4) is 0 Å². The predicted molar refractivity (Wildman–Crippen MR) is 124 cm³/mol. The van der Waals surface area contributed by atoms with Gasteiger partial charge in [-0.05, 0) is 56.0 Å². The number of aryl methyl sites for hydroxylation is 1. The van der Waals surface area contributed by atoms with Gasteiger partial charge in [0.25, 0.3) is 5.91 Å². The number of carbonyl (C=O) groups is 2. The SMILES string of the molecule is Cc1ccc(NC(=O)Nc2csc(-c3ccc4c(c3)OCC(=O)N4CC3CCC3)n2)cn1. The van der Waals surface area contributed by atoms with Crippen molar-refractivity contribution in [2.45, 2.75) is 26.2 Å². The molecule has 2 aromatic heterocycles. The number of urea groups is 1. The van der Waals surface area contributed by atoms with Crippen molar-refractivity contribution in [3.8, 4) is 16.3 Å². The Kier molecular flexibility index (Phi) is 5.48. The van der Waals surface area contributed by atoms with Crippen LogP contribution in [0.15, 0.2) is 41.9 Å². The minimum atomic E-state index is -0.383. The Morgan fingerprint density at radius 3 is 2.88 bits per heavy atom. The molecule has 0 unspecified atom stereocenters. The largest absolute Gasteiger partial charge is 0.482 e. The first-order valence-corrected chi connectivity index (χ1v) is 11.5. The molecule has 1 saturated carbocycles. The number of rotatable bonds is 5. The first kappa shape index (κ1) is 20.4. The molecular formula is C23H23N5O3S. The fourth-order valence-corrected chi connectivity index (χ4v) is 4.50. The number of hydrogen-bond donors (Lipinski definition) is 2. The lowest BCUT2D eigenvalue weighted by molar-refractivity contribution is -0.121. The molecule has 1 aliphatic heterocycles. The van der Waals surface area contributed by atoms with Crippen molar-refractivity contribution < 1.29 is 14.3 Å². The van der Waals surface area contributed by atoms with E-state index < -0.39 is 0 Å². The topological polar surface area (TPSA) is 96.5 Å². The molecule has 164 valence electrons. The lowest BCUT2D eigenvalue weighted by atomic mass is 9.85. The van der Waals surface area contributed by atoms with Crippen molar-refractivity contribution in [1.82, 2.24) is 9.97 Å². The number of anilines is 3. The van der Waals surface area contributed by atoms with Crippen LogP contribution in [0.5, 0.6) is 5.75 Å². The normalized spacial score (nSPS) is 15.5. The van der Waals surface area contributed by atoms with Crippen LogP contribution in [0, 0.1) is 12.8 Å². The third kappa shape index (κ3) is 4.29. The molecule has 32 heavy (non-hydrogen) atoms. The molecule has 2 aliphatic rings. The van der Waals surface area contributed by atoms with Crippen molar-refractivity contribution in [3.63, 3.8) is 0 Å². The molecule has 5 rings (SSSR count). The summed E-state index contributed by atoms with van der Waals surface area (Å²) >= 11 is 1.43. The zero-order valence-corrected chi connectivity index (χ0v) is 18.4. The number of thiazole rings is 1. The zero-order valence-electron chi connectivity index (χ0n) is 17.6. The van der Waals surface area contributed by atoms with Gasteiger partial charge in [0.15, 0.2) is 6.61 Å². The summed E-state index contributed by atoms with van der Waals surface area (Å²) < 4.78 is 5.71. The van der Waals surface area contributed by atoms with Gasteiger partial charge in [0, 0.05) is 23.2 Å². The second-order valence-electron chi connectivity index (χ2n) is 8.08. The van der Waals surface area contributed by atoms with Crippen LogP contribution in [-0.2, 0) is 4.79 Å². The molecule has 9 heteroatoms. The molecule has 0 saturated heterocycles. The van der Waals surface area contributed by atoms with Gasteiger partial charge in [0.2, 0.25) is 0 Å². The van der Waals surface area contributed by atoms with Gasteiger partial charge >= 0.3 is 6.03 Å². The third-order valence-corrected chi connectivity index (χ3v) is 6.62. The van der Waals surface area contributed by atoms with Gasteiger partial charge in [-0.1, -0.05) is 6.42 Å². The van der Waals surface area contributed by atoms with E-state index in [-0.39, 0.29) is 18.5 Å². The van der Waals surface area contributed by atoms with Crippen LogP contribution in [0.1, 0.15) is 25.0 Å². The van der Waals surface area contributed by atoms with Crippen LogP contribution in [0.2, 0.25) is 0 Å². The summed E-state index contributed by atoms with van der Waals surface area (Å²) in [6.07, 6.45) is 5.21. The number of pyridine rings is 1. The summed E-state index contributed by atoms with van der Waals surface area (Å²) in [6, 6.07) is 9.01. The lowest BCUT2D eigenvalue weighted by Crippen LogP contribution is -2.42. The van der Waals surface area contributed by atoms with Crippen molar-refractivity contribution >= 4 is 40.5 Å². The maximum atomic E-state index is 12.4. The summed E-state index contributed by atoms with van der Waals surface area (Å²) in [5, 5.41) is 8.02. The molecule has 1 aliphatic carbocycles. The van der Waals surface area contributed by atoms with E-state index in [0.717, 1.165) is 28.5 Å². The lowest BCUT2D eigenvalue weighted by Gasteiger charge is -2.35. The average Bonchev–Trinajstić information content (AvgIpc) is 3.21. The number of aromatic nitrogens is 2. The minimum absolute atomic E-state index is 0.00711. The van der Waals surface area contributed by atoms with Crippen LogP contribution in [0.4, 0.5) is 22.0 Å². The second kappa shape index (κ2) is 8.58. The van der Waals surface area contributed by atoms with E-state index in [1.165, 1.54) is 30.6 Å². The van der Waals surface area contributed by atoms with Gasteiger partial charge in [-0.3, -0.25) is 15.1 Å². The Labute approximate surface area is 189 Å². The van der Waals surface area contributed by atoms with E-state index in [1.807, 2.05) is 36.1 Å². The van der Waals surface area contributed by atoms with Gasteiger partial charge < -0.3 is 15.0 Å². The van der Waals surface area contributed by atoms with E-state index in [2.05, 4.69) is 20.6 Å². The van der Waals surface area contributed by atoms with E-state index in [1.54, 1.807) is 17.6 Å². The number of benzene rings is 1. The predicted octanol–water partition coefficient (Wildman–Crippen LogP) is 4.68. The number of nitrogens with zero attached hydrogens (tertiary/aromatic N) is 3. The number of carbonyl (C=O) groups excluding carboxylic acids is 2. The highest BCUT2D eigenvalue weighted by molar-refractivity contribution is 7.13. The first-order chi connectivity index (χ1) is 15.5. The average molecular weight is 450 g/mol. The summed E-state index contributed by atoms with van der Waals surface area (Å²) in [6.45, 7) is 2.70. The van der Waals surface area contributed by atoms with Gasteiger partial charge in [-0.25, -0.2) is 9.78 Å². The summed E-state index contributed by atoms with van der Waals surface area (Å²) in [4.78, 5) is 35.2. The highest BCUT2D eigenvalue weighted by atomic mass is 32.1. The molecule has 3 amide bonds. The van der Waals surface area contributed by atoms with E-state index >= 15 is 0 Å². The van der Waals surface area contributed by atoms with E-state index in [0.29, 0.717) is 23.2 Å². The van der Waals surface area contributed by atoms with Crippen LogP contribution in [-0.4, -0.2) is 35.1 Å². The molecule has 0 bridgehead atoms. The third-order valence-electron chi connectivity index (χ3n) is 5.73. The molecule has 0 spiro atoms. The second-order valence-corrected chi connectivity index (χ2v) is 8.94. The van der Waals surface area contributed by atoms with Crippen molar-refractivity contribution in [2.75, 3.05) is 28.7 Å². The number of amides is 3. The maximum Gasteiger partial charge on any atom is 0.324 e. The summed E-state index contributed by atoms with van der Waals surface area (Å²) in [5.74, 6) is 1.74. The quantitative estimate of drug-likeness (QED) is 0.589. The molecule has 0 radical (unpaired) electrons. The van der Waals surface area contributed by atoms with Crippen molar-refractivity contribution in [3.05, 3.63) is 47.6 Å². The van der Waals surface area contributed by atoms with Crippen LogP contribution in [0.25, 0.3) is 10.6 Å². The molecule has 8 nitrogen and oxygen atoms in total. The summed E-state index contributed by atoms with van der Waals surface area (Å²) in [7, 11) is 0. The highest BCUT2D eigenvalue weighted by Gasteiger charge is 2.30. The standard InChI is InChI=1S/C23H23N5O3S/c1-14-5-7-17(10-24-14)25-23(30)27-20-13-32-22(26-20)16-6-8-18-19(9-16)31-12-21(29)28(18)11-15-3-2-4-15/h5-10,13,15H,2-4,11-12H2,1H3,(H2,25,27,30).